The van der Waals surface area contributed by atoms with E-state index >= 15 is 0 Å². The van der Waals surface area contributed by atoms with E-state index in [1.165, 1.54) is 19.4 Å². The van der Waals surface area contributed by atoms with E-state index in [-0.39, 0.29) is 5.28 Å². The maximum Gasteiger partial charge on any atom is 0.226 e. The Balaban J connectivity index is 1.53. The zero-order valence-electron chi connectivity index (χ0n) is 11.2. The van der Waals surface area contributed by atoms with Crippen LogP contribution in [0.3, 0.4) is 0 Å². The van der Waals surface area contributed by atoms with Gasteiger partial charge in [0.25, 0.3) is 0 Å². The number of H-pyrrole nitrogens is 1. The molecule has 2 aliphatic rings. The Morgan fingerprint density at radius 3 is 2.75 bits per heavy atom. The molecule has 7 heteroatoms. The number of halogens is 1. The third kappa shape index (κ3) is 2.33. The normalized spacial score (nSPS) is 20.8. The molecule has 0 spiro atoms. The van der Waals surface area contributed by atoms with Gasteiger partial charge in [0.05, 0.1) is 6.33 Å². The Morgan fingerprint density at radius 1 is 1.20 bits per heavy atom. The van der Waals surface area contributed by atoms with Crippen molar-refractivity contribution in [2.75, 3.05) is 37.6 Å². The van der Waals surface area contributed by atoms with Crippen molar-refractivity contribution in [2.45, 2.75) is 12.8 Å². The average Bonchev–Trinajstić information content (AvgIpc) is 3.14. The minimum Gasteiger partial charge on any atom is -0.352 e. The smallest absolute Gasteiger partial charge is 0.226 e. The van der Waals surface area contributed by atoms with Crippen LogP contribution in [0.15, 0.2) is 6.33 Å². The second kappa shape index (κ2) is 4.86. The lowest BCUT2D eigenvalue weighted by Crippen LogP contribution is -2.47. The predicted octanol–water partition coefficient (Wildman–Crippen LogP) is 1.54. The van der Waals surface area contributed by atoms with Crippen molar-refractivity contribution in [2.24, 2.45) is 5.92 Å². The first kappa shape index (κ1) is 12.3. The summed E-state index contributed by atoms with van der Waals surface area (Å²) < 4.78 is 0. The van der Waals surface area contributed by atoms with Crippen LogP contribution < -0.4 is 4.90 Å². The van der Waals surface area contributed by atoms with Crippen molar-refractivity contribution in [1.29, 1.82) is 0 Å². The summed E-state index contributed by atoms with van der Waals surface area (Å²) in [5.74, 6) is 1.83. The average molecular weight is 293 g/mol. The van der Waals surface area contributed by atoms with Gasteiger partial charge in [-0.15, -0.1) is 0 Å². The maximum absolute atomic E-state index is 5.99. The predicted molar refractivity (Wildman–Crippen MR) is 78.1 cm³/mol. The molecule has 0 bridgehead atoms. The van der Waals surface area contributed by atoms with Gasteiger partial charge in [0, 0.05) is 32.7 Å². The van der Waals surface area contributed by atoms with E-state index in [1.54, 1.807) is 6.33 Å². The molecule has 1 aliphatic carbocycles. The number of hydrogen-bond donors (Lipinski definition) is 1. The lowest BCUT2D eigenvalue weighted by atomic mass is 10.2. The van der Waals surface area contributed by atoms with Crippen LogP contribution in [0.2, 0.25) is 5.28 Å². The van der Waals surface area contributed by atoms with Gasteiger partial charge in [-0.25, -0.2) is 4.98 Å². The first-order valence-electron chi connectivity index (χ1n) is 7.13. The van der Waals surface area contributed by atoms with Crippen LogP contribution in [0.4, 0.5) is 5.82 Å². The van der Waals surface area contributed by atoms with Crippen molar-refractivity contribution in [3.8, 4) is 0 Å². The SMILES string of the molecule is Clc1nc(N2CCN(CC3CC3)CC2)c2[nH]cnc2n1. The molecule has 2 aromatic rings. The van der Waals surface area contributed by atoms with E-state index in [1.807, 2.05) is 0 Å². The van der Waals surface area contributed by atoms with E-state index in [9.17, 15) is 0 Å². The number of piperazine rings is 1. The van der Waals surface area contributed by atoms with Crippen LogP contribution in [0.25, 0.3) is 11.2 Å². The summed E-state index contributed by atoms with van der Waals surface area (Å²) in [5, 5.41) is 0.264. The Hall–Kier alpha value is -1.40. The molecular formula is C13H17ClN6. The van der Waals surface area contributed by atoms with Gasteiger partial charge in [-0.1, -0.05) is 0 Å². The number of nitrogens with one attached hydrogen (secondary N) is 1. The van der Waals surface area contributed by atoms with Crippen molar-refractivity contribution < 1.29 is 0 Å². The standard InChI is InChI=1S/C13H17ClN6/c14-13-17-11-10(15-8-16-11)12(18-13)20-5-3-19(4-6-20)7-9-1-2-9/h8-9H,1-7H2,(H,15,16,17,18). The molecule has 1 aliphatic heterocycles. The molecule has 2 aromatic heterocycles. The van der Waals surface area contributed by atoms with E-state index in [4.69, 9.17) is 11.6 Å². The molecule has 2 fully saturated rings. The van der Waals surface area contributed by atoms with Crippen LogP contribution in [0.1, 0.15) is 12.8 Å². The van der Waals surface area contributed by atoms with E-state index < -0.39 is 0 Å². The Bertz CT molecular complexity index is 614. The Kier molecular flexibility index (Phi) is 3.00. The highest BCUT2D eigenvalue weighted by Gasteiger charge is 2.27. The third-order valence-corrected chi connectivity index (χ3v) is 4.29. The fourth-order valence-electron chi connectivity index (χ4n) is 2.83. The van der Waals surface area contributed by atoms with Crippen LogP contribution in [0.5, 0.6) is 0 Å². The second-order valence-corrected chi connectivity index (χ2v) is 5.99. The monoisotopic (exact) mass is 292 g/mol. The molecule has 0 radical (unpaired) electrons. The van der Waals surface area contributed by atoms with Gasteiger partial charge in [-0.05, 0) is 30.4 Å². The summed E-state index contributed by atoms with van der Waals surface area (Å²) in [5.41, 5.74) is 1.52. The van der Waals surface area contributed by atoms with Crippen molar-refractivity contribution in [3.05, 3.63) is 11.6 Å². The number of imidazole rings is 1. The summed E-state index contributed by atoms with van der Waals surface area (Å²) in [6.45, 7) is 5.40. The number of aromatic amines is 1. The molecule has 4 rings (SSSR count). The van der Waals surface area contributed by atoms with Gasteiger partial charge < -0.3 is 9.88 Å². The first-order chi connectivity index (χ1) is 9.79. The first-order valence-corrected chi connectivity index (χ1v) is 7.51. The molecule has 0 atom stereocenters. The van der Waals surface area contributed by atoms with Crippen molar-refractivity contribution in [1.82, 2.24) is 24.8 Å². The van der Waals surface area contributed by atoms with Crippen molar-refractivity contribution in [3.63, 3.8) is 0 Å². The lowest BCUT2D eigenvalue weighted by molar-refractivity contribution is 0.248. The summed E-state index contributed by atoms with van der Waals surface area (Å²) in [6, 6.07) is 0. The third-order valence-electron chi connectivity index (χ3n) is 4.12. The van der Waals surface area contributed by atoms with Gasteiger partial charge in [0.2, 0.25) is 5.28 Å². The number of hydrogen-bond acceptors (Lipinski definition) is 5. The van der Waals surface area contributed by atoms with Crippen LogP contribution in [-0.4, -0.2) is 57.6 Å². The summed E-state index contributed by atoms with van der Waals surface area (Å²) in [7, 11) is 0. The number of nitrogens with zero attached hydrogens (tertiary/aromatic N) is 5. The fourth-order valence-corrected chi connectivity index (χ4v) is 2.99. The molecule has 1 saturated carbocycles. The van der Waals surface area contributed by atoms with E-state index in [2.05, 4.69) is 29.7 Å². The Labute approximate surface area is 122 Å². The molecule has 20 heavy (non-hydrogen) atoms. The maximum atomic E-state index is 5.99. The van der Waals surface area contributed by atoms with Gasteiger partial charge in [0.15, 0.2) is 11.5 Å². The zero-order chi connectivity index (χ0) is 13.5. The molecule has 106 valence electrons. The molecule has 0 unspecified atom stereocenters. The molecule has 1 N–H and O–H groups in total. The largest absolute Gasteiger partial charge is 0.352 e. The van der Waals surface area contributed by atoms with E-state index in [0.29, 0.717) is 5.65 Å². The van der Waals surface area contributed by atoms with Gasteiger partial charge in [0.1, 0.15) is 5.52 Å². The highest BCUT2D eigenvalue weighted by atomic mass is 35.5. The van der Waals surface area contributed by atoms with Crippen LogP contribution in [0, 0.1) is 5.92 Å². The molecule has 6 nitrogen and oxygen atoms in total. The molecule has 3 heterocycles. The fraction of sp³-hybridized carbons (Fsp3) is 0.615. The van der Waals surface area contributed by atoms with Gasteiger partial charge >= 0.3 is 0 Å². The zero-order valence-corrected chi connectivity index (χ0v) is 12.0. The topological polar surface area (TPSA) is 60.9 Å². The molecular weight excluding hydrogens is 276 g/mol. The molecule has 1 saturated heterocycles. The number of anilines is 1. The lowest BCUT2D eigenvalue weighted by Gasteiger charge is -2.35. The minimum atomic E-state index is 0.264. The summed E-state index contributed by atoms with van der Waals surface area (Å²) >= 11 is 5.99. The Morgan fingerprint density at radius 2 is 2.00 bits per heavy atom. The molecule has 0 amide bonds. The number of aromatic nitrogens is 4. The van der Waals surface area contributed by atoms with Crippen LogP contribution >= 0.6 is 11.6 Å². The number of fused-ring (bicyclic) bond motifs is 1. The summed E-state index contributed by atoms with van der Waals surface area (Å²) in [6.07, 6.45) is 4.47. The van der Waals surface area contributed by atoms with Gasteiger partial charge in [-0.3, -0.25) is 4.90 Å². The number of rotatable bonds is 3. The highest BCUT2D eigenvalue weighted by Crippen LogP contribution is 2.30. The second-order valence-electron chi connectivity index (χ2n) is 5.65. The quantitative estimate of drug-likeness (QED) is 0.870. The summed E-state index contributed by atoms with van der Waals surface area (Å²) in [4.78, 5) is 20.6. The van der Waals surface area contributed by atoms with Crippen molar-refractivity contribution >= 4 is 28.6 Å². The van der Waals surface area contributed by atoms with Crippen LogP contribution in [-0.2, 0) is 0 Å². The highest BCUT2D eigenvalue weighted by molar-refractivity contribution is 6.28. The van der Waals surface area contributed by atoms with Gasteiger partial charge in [-0.2, -0.15) is 9.97 Å². The minimum absolute atomic E-state index is 0.264. The van der Waals surface area contributed by atoms with E-state index in [0.717, 1.165) is 43.4 Å². The molecule has 0 aromatic carbocycles.